The Balaban J connectivity index is 0.784. The number of methoxy groups -OCH3 is 1. The van der Waals surface area contributed by atoms with Crippen LogP contribution in [0, 0.1) is 18.3 Å². The Morgan fingerprint density at radius 2 is 1.68 bits per heavy atom. The summed E-state index contributed by atoms with van der Waals surface area (Å²) in [6.45, 7) is 13.9. The second-order valence-electron chi connectivity index (χ2n) is 20.1. The van der Waals surface area contributed by atoms with Crippen molar-refractivity contribution in [1.82, 2.24) is 40.3 Å². The second kappa shape index (κ2) is 22.6. The molecule has 3 fully saturated rings. The minimum atomic E-state index is -3.52. The monoisotopic (exact) mass is 1060 g/mol. The van der Waals surface area contributed by atoms with Gasteiger partial charge in [-0.15, -0.1) is 11.3 Å². The number of β-amino-alcohol motifs (C(OH)–C–C–N with tert-alkyl or cyclic N) is 1. The first-order valence-electron chi connectivity index (χ1n) is 24.3. The van der Waals surface area contributed by atoms with Crippen molar-refractivity contribution in [3.05, 3.63) is 94.7 Å². The number of nitrogens with one attached hydrogen (secondary N) is 4. The fraction of sp³-hybridized carbons (Fsp3) is 0.451. The Morgan fingerprint density at radius 3 is 2.36 bits per heavy atom. The number of ether oxygens (including phenoxy) is 1. The van der Waals surface area contributed by atoms with Crippen molar-refractivity contribution in [2.45, 2.75) is 58.8 Å². The van der Waals surface area contributed by atoms with Crippen LogP contribution in [0.2, 0.25) is 5.02 Å². The van der Waals surface area contributed by atoms with E-state index in [1.165, 1.54) is 22.4 Å². The lowest BCUT2D eigenvalue weighted by Gasteiger charge is -2.44. The Labute approximate surface area is 436 Å². The first kappa shape index (κ1) is 53.2. The summed E-state index contributed by atoms with van der Waals surface area (Å²) in [6, 6.07) is 19.0. The average molecular weight is 1060 g/mol. The molecule has 0 saturated carbocycles. The van der Waals surface area contributed by atoms with Gasteiger partial charge in [-0.1, -0.05) is 68.8 Å². The predicted octanol–water partition coefficient (Wildman–Crippen LogP) is 5.32. The van der Waals surface area contributed by atoms with Crippen molar-refractivity contribution in [3.63, 3.8) is 0 Å². The minimum absolute atomic E-state index is 0.0124. The van der Waals surface area contributed by atoms with Crippen LogP contribution in [0.15, 0.2) is 78.4 Å². The van der Waals surface area contributed by atoms with Crippen LogP contribution in [0.3, 0.4) is 0 Å². The third-order valence-corrected chi connectivity index (χ3v) is 16.0. The number of aliphatic hydroxyl groups is 1. The van der Waals surface area contributed by atoms with E-state index in [-0.39, 0.29) is 60.6 Å². The molecule has 73 heavy (non-hydrogen) atoms. The van der Waals surface area contributed by atoms with Crippen LogP contribution in [0.4, 0.5) is 34.5 Å². The van der Waals surface area contributed by atoms with E-state index in [1.54, 1.807) is 42.7 Å². The average Bonchev–Trinajstić information content (AvgIpc) is 3.97. The van der Waals surface area contributed by atoms with Crippen molar-refractivity contribution in [3.8, 4) is 16.2 Å². The Bertz CT molecular complexity index is 2890. The fourth-order valence-corrected chi connectivity index (χ4v) is 10.9. The van der Waals surface area contributed by atoms with Gasteiger partial charge >= 0.3 is 0 Å². The van der Waals surface area contributed by atoms with Crippen molar-refractivity contribution < 1.29 is 32.6 Å². The highest BCUT2D eigenvalue weighted by molar-refractivity contribution is 7.92. The number of nitrogens with zero attached hydrogens (tertiary/aromatic N) is 8. The number of hydrogen-bond acceptors (Lipinski definition) is 16. The molecular weight excluding hydrogens is 992 g/mol. The topological polar surface area (TPSA) is 218 Å². The van der Waals surface area contributed by atoms with Crippen LogP contribution in [-0.4, -0.2) is 158 Å². The van der Waals surface area contributed by atoms with Crippen LogP contribution < -0.4 is 35.2 Å². The van der Waals surface area contributed by atoms with Crippen LogP contribution in [0.5, 0.6) is 5.75 Å². The maximum absolute atomic E-state index is 14.2. The first-order valence-corrected chi connectivity index (χ1v) is 27.4. The number of halogens is 1. The largest absolute Gasteiger partial charge is 0.494 e. The van der Waals surface area contributed by atoms with Crippen LogP contribution in [-0.2, 0) is 31.0 Å². The number of aromatic nitrogens is 3. The lowest BCUT2D eigenvalue weighted by molar-refractivity contribution is -0.144. The number of carbonyl (C=O) groups is 3. The molecule has 0 spiro atoms. The molecule has 8 rings (SSSR count). The summed E-state index contributed by atoms with van der Waals surface area (Å²) in [4.78, 5) is 63.9. The molecule has 3 atom stereocenters. The summed E-state index contributed by atoms with van der Waals surface area (Å²) in [6.07, 6.45) is 1.86. The highest BCUT2D eigenvalue weighted by Crippen LogP contribution is 2.35. The molecule has 5 heterocycles. The zero-order valence-corrected chi connectivity index (χ0v) is 44.7. The first-order chi connectivity index (χ1) is 34.7. The smallest absolute Gasteiger partial charge is 0.246 e. The number of sulfonamides is 1. The van der Waals surface area contributed by atoms with E-state index in [2.05, 4.69) is 50.9 Å². The van der Waals surface area contributed by atoms with E-state index in [0.29, 0.717) is 28.7 Å². The summed E-state index contributed by atoms with van der Waals surface area (Å²) < 4.78 is 31.6. The van der Waals surface area contributed by atoms with Gasteiger partial charge in [0, 0.05) is 84.1 Å². The van der Waals surface area contributed by atoms with Crippen LogP contribution in [0.1, 0.15) is 38.4 Å². The molecule has 0 radical (unpaired) electrons. The highest BCUT2D eigenvalue weighted by atomic mass is 35.5. The lowest BCUT2D eigenvalue weighted by Crippen LogP contribution is -2.60. The molecule has 390 valence electrons. The van der Waals surface area contributed by atoms with E-state index in [9.17, 15) is 27.9 Å². The molecule has 3 aromatic carbocycles. The Kier molecular flexibility index (Phi) is 16.4. The number of amides is 3. The second-order valence-corrected chi connectivity index (χ2v) is 23.3. The van der Waals surface area contributed by atoms with Gasteiger partial charge in [0.25, 0.3) is 0 Å². The molecule has 5 aromatic rings. The Morgan fingerprint density at radius 1 is 0.959 bits per heavy atom. The van der Waals surface area contributed by atoms with Gasteiger partial charge in [-0.25, -0.2) is 18.4 Å². The van der Waals surface area contributed by atoms with Crippen molar-refractivity contribution in [2.75, 3.05) is 99.2 Å². The number of rotatable bonds is 18. The summed E-state index contributed by atoms with van der Waals surface area (Å²) in [5, 5.41) is 23.3. The van der Waals surface area contributed by atoms with E-state index >= 15 is 0 Å². The standard InChI is InChI=1S/C51H65ClN12O7S2/c1-32-45(72-31-55-32)35-14-12-33(13-15-35)24-53-48(67)42-23-37(65)29-64(42)49(68)46(51(2,3)4)58-44(66)30-62-27-34(28-62)26-61-18-20-63(21-19-61)36-16-17-40(43(22-36)71-6)57-50-54-25-38(52)47(59-50)56-39-10-8-9-11-41(39)60(5)73(7,69)70/h8-17,22,25,31,34,37,42,46,65H,18-21,23-24,26-30H2,1-7H3,(H,53,67)(H,58,66)(H2,54,56,57,59)/t37-,42+,46?/m1/s1. The van der Waals surface area contributed by atoms with Gasteiger partial charge in [-0.2, -0.15) is 4.98 Å². The number of para-hydroxylation sites is 2. The summed E-state index contributed by atoms with van der Waals surface area (Å²) in [5.41, 5.74) is 6.69. The van der Waals surface area contributed by atoms with E-state index < -0.39 is 33.6 Å². The number of aryl methyl sites for hydroxylation is 1. The lowest BCUT2D eigenvalue weighted by atomic mass is 9.85. The summed E-state index contributed by atoms with van der Waals surface area (Å²) in [7, 11) is -0.441. The number of likely N-dealkylation sites (tertiary alicyclic amines) is 2. The zero-order chi connectivity index (χ0) is 52.2. The van der Waals surface area contributed by atoms with Gasteiger partial charge in [0.05, 0.1) is 65.4 Å². The van der Waals surface area contributed by atoms with Gasteiger partial charge in [-0.3, -0.25) is 28.5 Å². The maximum atomic E-state index is 14.2. The third kappa shape index (κ3) is 13.0. The molecule has 0 aliphatic carbocycles. The molecule has 1 unspecified atom stereocenters. The van der Waals surface area contributed by atoms with Crippen LogP contribution >= 0.6 is 22.9 Å². The number of aliphatic hydroxyl groups excluding tert-OH is 1. The van der Waals surface area contributed by atoms with E-state index in [1.807, 2.05) is 75.7 Å². The molecular formula is C51H65ClN12O7S2. The molecule has 2 aromatic heterocycles. The third-order valence-electron chi connectivity index (χ3n) is 13.5. The number of carbonyl (C=O) groups excluding carboxylic acids is 3. The minimum Gasteiger partial charge on any atom is -0.494 e. The number of thiazole rings is 1. The summed E-state index contributed by atoms with van der Waals surface area (Å²) in [5.74, 6) is 0.571. The van der Waals surface area contributed by atoms with Crippen molar-refractivity contribution >= 4 is 85.2 Å². The zero-order valence-electron chi connectivity index (χ0n) is 42.3. The van der Waals surface area contributed by atoms with E-state index in [0.717, 1.165) is 79.5 Å². The number of piperazine rings is 1. The van der Waals surface area contributed by atoms with Gasteiger partial charge in [-0.05, 0) is 53.6 Å². The fourth-order valence-electron chi connectivity index (χ4n) is 9.44. The van der Waals surface area contributed by atoms with Gasteiger partial charge in [0.1, 0.15) is 22.9 Å². The van der Waals surface area contributed by atoms with Crippen LogP contribution in [0.25, 0.3) is 10.4 Å². The van der Waals surface area contributed by atoms with Crippen molar-refractivity contribution in [1.29, 1.82) is 0 Å². The molecule has 0 bridgehead atoms. The maximum Gasteiger partial charge on any atom is 0.246 e. The Hall–Kier alpha value is -6.10. The number of hydrogen-bond donors (Lipinski definition) is 5. The molecule has 5 N–H and O–H groups in total. The number of benzene rings is 3. The predicted molar refractivity (Wildman–Crippen MR) is 287 cm³/mol. The van der Waals surface area contributed by atoms with Gasteiger partial charge < -0.3 is 40.9 Å². The molecule has 3 aliphatic rings. The number of anilines is 6. The quantitative estimate of drug-likeness (QED) is 0.0751. The van der Waals surface area contributed by atoms with Gasteiger partial charge in [0.2, 0.25) is 33.7 Å². The normalized spacial score (nSPS) is 18.2. The van der Waals surface area contributed by atoms with Gasteiger partial charge in [0.15, 0.2) is 5.82 Å². The molecule has 3 aliphatic heterocycles. The van der Waals surface area contributed by atoms with Crippen molar-refractivity contribution in [2.24, 2.45) is 11.3 Å². The highest BCUT2D eigenvalue weighted by Gasteiger charge is 2.45. The molecule has 22 heteroatoms. The summed E-state index contributed by atoms with van der Waals surface area (Å²) >= 11 is 8.06. The molecule has 3 amide bonds. The van der Waals surface area contributed by atoms with E-state index in [4.69, 9.17) is 16.3 Å². The molecule has 3 saturated heterocycles. The SMILES string of the molecule is COc1cc(N2CCN(CC3CN(CC(=O)NC(C(=O)N4C[C@H](O)C[C@H]4C(=O)NCc4ccc(-c5scnc5C)cc4)C(C)(C)C)C3)CC2)ccc1Nc1ncc(Cl)c(Nc2ccccc2N(C)S(C)(=O)=O)n1. The molecule has 19 nitrogen and oxygen atoms in total.